The van der Waals surface area contributed by atoms with Gasteiger partial charge < -0.3 is 15.2 Å². The smallest absolute Gasteiger partial charge is 0.251 e. The van der Waals surface area contributed by atoms with Gasteiger partial charge in [-0.1, -0.05) is 24.3 Å². The third-order valence-electron chi connectivity index (χ3n) is 4.64. The lowest BCUT2D eigenvalue weighted by Crippen LogP contribution is -2.27. The molecule has 0 saturated carbocycles. The first-order chi connectivity index (χ1) is 13.6. The number of benzene rings is 2. The van der Waals surface area contributed by atoms with Gasteiger partial charge in [0, 0.05) is 35.9 Å². The van der Waals surface area contributed by atoms with Gasteiger partial charge in [-0.3, -0.25) is 9.59 Å². The van der Waals surface area contributed by atoms with E-state index in [1.807, 2.05) is 48.0 Å². The summed E-state index contributed by atoms with van der Waals surface area (Å²) in [6.45, 7) is 3.00. The Kier molecular flexibility index (Phi) is 5.16. The second kappa shape index (κ2) is 7.90. The van der Waals surface area contributed by atoms with Crippen molar-refractivity contribution in [1.82, 2.24) is 14.9 Å². The van der Waals surface area contributed by atoms with Crippen LogP contribution in [0.15, 0.2) is 66.1 Å². The number of thioether (sulfide) groups is 1. The maximum absolute atomic E-state index is 12.6. The van der Waals surface area contributed by atoms with Crippen molar-refractivity contribution in [3.8, 4) is 0 Å². The molecule has 2 amide bonds. The molecular weight excluding hydrogens is 372 g/mol. The largest absolute Gasteiger partial charge is 0.348 e. The molecule has 28 heavy (non-hydrogen) atoms. The number of hydrogen-bond acceptors (Lipinski definition) is 4. The predicted molar refractivity (Wildman–Crippen MR) is 109 cm³/mol. The molecule has 2 heterocycles. The Balaban J connectivity index is 1.45. The van der Waals surface area contributed by atoms with Crippen molar-refractivity contribution < 1.29 is 9.59 Å². The first-order valence-electron chi connectivity index (χ1n) is 9.02. The summed E-state index contributed by atoms with van der Waals surface area (Å²) in [5.41, 5.74) is 3.41. The molecule has 0 spiro atoms. The van der Waals surface area contributed by atoms with Crippen LogP contribution in [-0.4, -0.2) is 26.6 Å². The average Bonchev–Trinajstić information content (AvgIpc) is 3.21. The van der Waals surface area contributed by atoms with Gasteiger partial charge in [-0.15, -0.1) is 11.8 Å². The van der Waals surface area contributed by atoms with Gasteiger partial charge in [0.05, 0.1) is 17.3 Å². The SMILES string of the molecule is C[C@@H]1Sc2ccc(C(=O)NCc3ccccc3Cn3ccnc3)cc2NC1=O. The summed E-state index contributed by atoms with van der Waals surface area (Å²) in [5, 5.41) is 5.72. The van der Waals surface area contributed by atoms with Gasteiger partial charge in [0.15, 0.2) is 0 Å². The summed E-state index contributed by atoms with van der Waals surface area (Å²) in [6.07, 6.45) is 5.43. The zero-order valence-electron chi connectivity index (χ0n) is 15.4. The molecule has 3 aromatic rings. The van der Waals surface area contributed by atoms with Gasteiger partial charge in [-0.25, -0.2) is 4.98 Å². The van der Waals surface area contributed by atoms with Crippen LogP contribution in [0.25, 0.3) is 0 Å². The maximum atomic E-state index is 12.6. The molecule has 1 atom stereocenters. The van der Waals surface area contributed by atoms with E-state index < -0.39 is 0 Å². The van der Waals surface area contributed by atoms with E-state index in [4.69, 9.17) is 0 Å². The molecule has 142 valence electrons. The van der Waals surface area contributed by atoms with Crippen molar-refractivity contribution in [3.05, 3.63) is 77.9 Å². The van der Waals surface area contributed by atoms with Gasteiger partial charge >= 0.3 is 0 Å². The van der Waals surface area contributed by atoms with E-state index in [-0.39, 0.29) is 17.1 Å². The van der Waals surface area contributed by atoms with Gasteiger partial charge in [-0.2, -0.15) is 0 Å². The Morgan fingerprint density at radius 2 is 2.07 bits per heavy atom. The van der Waals surface area contributed by atoms with E-state index in [0.717, 1.165) is 16.0 Å². The van der Waals surface area contributed by atoms with Crippen LogP contribution < -0.4 is 10.6 Å². The molecule has 7 heteroatoms. The number of rotatable bonds is 5. The van der Waals surface area contributed by atoms with Crippen LogP contribution in [0.2, 0.25) is 0 Å². The van der Waals surface area contributed by atoms with E-state index in [1.54, 1.807) is 24.7 Å². The molecule has 2 aromatic carbocycles. The van der Waals surface area contributed by atoms with Gasteiger partial charge in [0.25, 0.3) is 5.91 Å². The topological polar surface area (TPSA) is 76.0 Å². The van der Waals surface area contributed by atoms with Crippen molar-refractivity contribution in [3.63, 3.8) is 0 Å². The molecule has 4 rings (SSSR count). The van der Waals surface area contributed by atoms with Crippen LogP contribution in [0.5, 0.6) is 0 Å². The molecule has 0 saturated heterocycles. The molecule has 1 aliphatic heterocycles. The highest BCUT2D eigenvalue weighted by molar-refractivity contribution is 8.00. The van der Waals surface area contributed by atoms with Crippen molar-refractivity contribution in [1.29, 1.82) is 0 Å². The molecule has 2 N–H and O–H groups in total. The number of anilines is 1. The summed E-state index contributed by atoms with van der Waals surface area (Å²) >= 11 is 1.50. The summed E-state index contributed by atoms with van der Waals surface area (Å²) in [6, 6.07) is 13.4. The van der Waals surface area contributed by atoms with E-state index >= 15 is 0 Å². The fourth-order valence-electron chi connectivity index (χ4n) is 3.09. The number of fused-ring (bicyclic) bond motifs is 1. The van der Waals surface area contributed by atoms with Crippen molar-refractivity contribution >= 4 is 29.3 Å². The highest BCUT2D eigenvalue weighted by atomic mass is 32.2. The summed E-state index contributed by atoms with van der Waals surface area (Å²) in [4.78, 5) is 29.6. The summed E-state index contributed by atoms with van der Waals surface area (Å²) in [5.74, 6) is -0.207. The van der Waals surface area contributed by atoms with Crippen molar-refractivity contribution in [2.24, 2.45) is 0 Å². The van der Waals surface area contributed by atoms with Crippen LogP contribution in [0, 0.1) is 0 Å². The van der Waals surface area contributed by atoms with Crippen LogP contribution in [0.1, 0.15) is 28.4 Å². The van der Waals surface area contributed by atoms with Gasteiger partial charge in [0.2, 0.25) is 5.91 Å². The molecule has 0 bridgehead atoms. The zero-order chi connectivity index (χ0) is 19.5. The number of nitrogens with one attached hydrogen (secondary N) is 2. The molecule has 0 radical (unpaired) electrons. The fourth-order valence-corrected chi connectivity index (χ4v) is 4.02. The van der Waals surface area contributed by atoms with E-state index in [0.29, 0.717) is 24.3 Å². The van der Waals surface area contributed by atoms with E-state index in [9.17, 15) is 9.59 Å². The molecular formula is C21H20N4O2S. The van der Waals surface area contributed by atoms with Crippen molar-refractivity contribution in [2.75, 3.05) is 5.32 Å². The van der Waals surface area contributed by atoms with Crippen LogP contribution >= 0.6 is 11.8 Å². The van der Waals surface area contributed by atoms with Crippen LogP contribution in [-0.2, 0) is 17.9 Å². The minimum atomic E-state index is -0.168. The molecule has 1 aliphatic rings. The standard InChI is InChI=1S/C21H20N4O2S/c1-14-20(26)24-18-10-15(6-7-19(18)28-14)21(27)23-11-16-4-2-3-5-17(16)12-25-9-8-22-13-25/h2-10,13-14H,11-12H2,1H3,(H,23,27)(H,24,26)/t14-/m0/s1. The lowest BCUT2D eigenvalue weighted by molar-refractivity contribution is -0.115. The van der Waals surface area contributed by atoms with E-state index in [1.165, 1.54) is 11.8 Å². The number of hydrogen-bond donors (Lipinski definition) is 2. The lowest BCUT2D eigenvalue weighted by Gasteiger charge is -2.21. The number of carbonyl (C=O) groups excluding carboxylic acids is 2. The van der Waals surface area contributed by atoms with Gasteiger partial charge in [-0.05, 0) is 36.2 Å². The first-order valence-corrected chi connectivity index (χ1v) is 9.90. The van der Waals surface area contributed by atoms with E-state index in [2.05, 4.69) is 15.6 Å². The Bertz CT molecular complexity index is 1020. The first kappa shape index (κ1) is 18.3. The Labute approximate surface area is 167 Å². The minimum absolute atomic E-state index is 0.0384. The van der Waals surface area contributed by atoms with Crippen LogP contribution in [0.4, 0.5) is 5.69 Å². The zero-order valence-corrected chi connectivity index (χ0v) is 16.2. The Morgan fingerprint density at radius 1 is 1.25 bits per heavy atom. The molecule has 0 aliphatic carbocycles. The number of aromatic nitrogens is 2. The molecule has 6 nitrogen and oxygen atoms in total. The number of nitrogens with zero attached hydrogens (tertiary/aromatic N) is 2. The third kappa shape index (κ3) is 3.94. The van der Waals surface area contributed by atoms with Gasteiger partial charge in [0.1, 0.15) is 0 Å². The number of carbonyl (C=O) groups is 2. The quantitative estimate of drug-likeness (QED) is 0.699. The highest BCUT2D eigenvalue weighted by Crippen LogP contribution is 2.35. The fraction of sp³-hybridized carbons (Fsp3) is 0.190. The predicted octanol–water partition coefficient (Wildman–Crippen LogP) is 3.29. The summed E-state index contributed by atoms with van der Waals surface area (Å²) < 4.78 is 1.99. The number of imidazole rings is 1. The monoisotopic (exact) mass is 392 g/mol. The highest BCUT2D eigenvalue weighted by Gasteiger charge is 2.23. The maximum Gasteiger partial charge on any atom is 0.251 e. The molecule has 0 fully saturated rings. The van der Waals surface area contributed by atoms with Crippen LogP contribution in [0.3, 0.4) is 0 Å². The van der Waals surface area contributed by atoms with Crippen molar-refractivity contribution in [2.45, 2.75) is 30.2 Å². The summed E-state index contributed by atoms with van der Waals surface area (Å²) in [7, 11) is 0. The Morgan fingerprint density at radius 3 is 2.86 bits per heavy atom. The molecule has 1 aromatic heterocycles. The third-order valence-corrected chi connectivity index (χ3v) is 5.82. The second-order valence-electron chi connectivity index (χ2n) is 6.65. The lowest BCUT2D eigenvalue weighted by atomic mass is 10.1. The molecule has 0 unspecified atom stereocenters. The minimum Gasteiger partial charge on any atom is -0.348 e. The average molecular weight is 392 g/mol. The number of amides is 2. The normalized spacial score (nSPS) is 15.6. The second-order valence-corrected chi connectivity index (χ2v) is 8.03. The Hall–Kier alpha value is -3.06.